The van der Waals surface area contributed by atoms with Gasteiger partial charge in [0.25, 0.3) is 0 Å². The molecule has 0 bridgehead atoms. The fourth-order valence-electron chi connectivity index (χ4n) is 3.82. The molecule has 0 aliphatic rings. The Morgan fingerprint density at radius 1 is 0.893 bits per heavy atom. The molecule has 3 nitrogen and oxygen atoms in total. The third-order valence-electron chi connectivity index (χ3n) is 5.51. The predicted molar refractivity (Wildman–Crippen MR) is 118 cm³/mol. The smallest absolute Gasteiger partial charge is 0.119 e. The lowest BCUT2D eigenvalue weighted by Crippen LogP contribution is -2.33. The van der Waals surface area contributed by atoms with Crippen molar-refractivity contribution in [2.45, 2.75) is 71.4 Å². The molecule has 0 saturated heterocycles. The Labute approximate surface area is 171 Å². The number of aliphatic hydroxyl groups is 1. The van der Waals surface area contributed by atoms with Crippen molar-refractivity contribution in [2.75, 3.05) is 13.1 Å². The third kappa shape index (κ3) is 6.96. The van der Waals surface area contributed by atoms with Crippen molar-refractivity contribution in [3.8, 4) is 5.75 Å². The zero-order valence-corrected chi connectivity index (χ0v) is 17.9. The number of hydrogen-bond acceptors (Lipinski definition) is 3. The van der Waals surface area contributed by atoms with Crippen LogP contribution in [0.15, 0.2) is 48.5 Å². The molecule has 0 fully saturated rings. The van der Waals surface area contributed by atoms with E-state index < -0.39 is 0 Å². The first-order chi connectivity index (χ1) is 13.4. The molecular weight excluding hydrogens is 346 g/mol. The van der Waals surface area contributed by atoms with Crippen molar-refractivity contribution < 1.29 is 10.2 Å². The quantitative estimate of drug-likeness (QED) is 0.505. The van der Waals surface area contributed by atoms with E-state index in [-0.39, 0.29) is 12.0 Å². The Morgan fingerprint density at radius 3 is 2.25 bits per heavy atom. The lowest BCUT2D eigenvalue weighted by molar-refractivity contribution is 0.171. The number of aromatic hydroxyl groups is 1. The monoisotopic (exact) mass is 383 g/mol. The van der Waals surface area contributed by atoms with E-state index in [9.17, 15) is 10.2 Å². The Morgan fingerprint density at radius 2 is 1.61 bits per heavy atom. The molecule has 0 heterocycles. The summed E-state index contributed by atoms with van der Waals surface area (Å²) in [4.78, 5) is 2.52. The van der Waals surface area contributed by atoms with Gasteiger partial charge < -0.3 is 15.1 Å². The Hall–Kier alpha value is -1.84. The van der Waals surface area contributed by atoms with Crippen LogP contribution < -0.4 is 0 Å². The van der Waals surface area contributed by atoms with E-state index in [1.807, 2.05) is 25.1 Å². The van der Waals surface area contributed by atoms with E-state index in [4.69, 9.17) is 0 Å². The number of phenols is 1. The van der Waals surface area contributed by atoms with E-state index >= 15 is 0 Å². The molecule has 0 aliphatic heterocycles. The number of rotatable bonds is 11. The Kier molecular flexibility index (Phi) is 9.01. The number of unbranched alkanes of at least 4 members (excludes halogenated alkanes) is 1. The van der Waals surface area contributed by atoms with Crippen LogP contribution in [0.2, 0.25) is 0 Å². The van der Waals surface area contributed by atoms with Gasteiger partial charge in [-0.15, -0.1) is 0 Å². The van der Waals surface area contributed by atoms with Crippen LogP contribution in [0.5, 0.6) is 5.75 Å². The maximum Gasteiger partial charge on any atom is 0.119 e. The first-order valence-corrected chi connectivity index (χ1v) is 10.6. The molecular formula is C25H37NO2. The van der Waals surface area contributed by atoms with Gasteiger partial charge in [-0.05, 0) is 78.1 Å². The van der Waals surface area contributed by atoms with Gasteiger partial charge in [-0.25, -0.2) is 0 Å². The van der Waals surface area contributed by atoms with Gasteiger partial charge in [0, 0.05) is 17.5 Å². The van der Waals surface area contributed by atoms with Crippen molar-refractivity contribution in [1.82, 2.24) is 4.90 Å². The van der Waals surface area contributed by atoms with Crippen LogP contribution in [0.4, 0.5) is 0 Å². The van der Waals surface area contributed by atoms with E-state index in [0.717, 1.165) is 44.3 Å². The topological polar surface area (TPSA) is 43.7 Å². The number of aryl methyl sites for hydroxylation is 1. The van der Waals surface area contributed by atoms with Gasteiger partial charge in [0.2, 0.25) is 0 Å². The Balaban J connectivity index is 2.12. The minimum absolute atomic E-state index is 0.180. The third-order valence-corrected chi connectivity index (χ3v) is 5.51. The molecule has 0 saturated carbocycles. The van der Waals surface area contributed by atoms with E-state index in [2.05, 4.69) is 56.0 Å². The summed E-state index contributed by atoms with van der Waals surface area (Å²) in [6.45, 7) is 10.5. The maximum atomic E-state index is 10.5. The molecule has 0 spiro atoms. The van der Waals surface area contributed by atoms with E-state index in [0.29, 0.717) is 11.8 Å². The summed E-state index contributed by atoms with van der Waals surface area (Å²) in [5, 5.41) is 20.0. The van der Waals surface area contributed by atoms with E-state index in [1.165, 1.54) is 11.1 Å². The van der Waals surface area contributed by atoms with Crippen molar-refractivity contribution in [2.24, 2.45) is 0 Å². The molecule has 154 valence electrons. The highest BCUT2D eigenvalue weighted by Crippen LogP contribution is 2.34. The molecule has 2 aromatic carbocycles. The first-order valence-electron chi connectivity index (χ1n) is 10.6. The van der Waals surface area contributed by atoms with Gasteiger partial charge in [0.1, 0.15) is 5.75 Å². The minimum Gasteiger partial charge on any atom is -0.508 e. The summed E-state index contributed by atoms with van der Waals surface area (Å²) in [5.74, 6) is 0.562. The molecule has 0 aliphatic carbocycles. The fraction of sp³-hybridized carbons (Fsp3) is 0.520. The zero-order chi connectivity index (χ0) is 20.5. The van der Waals surface area contributed by atoms with E-state index in [1.54, 1.807) is 0 Å². The molecule has 2 aromatic rings. The normalized spacial score (nSPS) is 13.8. The summed E-state index contributed by atoms with van der Waals surface area (Å²) >= 11 is 0. The van der Waals surface area contributed by atoms with Crippen molar-refractivity contribution in [3.63, 3.8) is 0 Å². The van der Waals surface area contributed by atoms with Gasteiger partial charge >= 0.3 is 0 Å². The summed E-state index contributed by atoms with van der Waals surface area (Å²) in [6, 6.07) is 16.9. The molecule has 2 N–H and O–H groups in total. The molecule has 0 aromatic heterocycles. The van der Waals surface area contributed by atoms with Gasteiger partial charge in [0.15, 0.2) is 0 Å². The molecule has 0 radical (unpaired) electrons. The van der Waals surface area contributed by atoms with Crippen LogP contribution in [-0.2, 0) is 0 Å². The summed E-state index contributed by atoms with van der Waals surface area (Å²) in [5.41, 5.74) is 3.44. The minimum atomic E-state index is -0.209. The zero-order valence-electron chi connectivity index (χ0n) is 17.9. The van der Waals surface area contributed by atoms with Crippen LogP contribution in [0.1, 0.15) is 69.1 Å². The number of benzene rings is 2. The van der Waals surface area contributed by atoms with Crippen LogP contribution in [0.3, 0.4) is 0 Å². The summed E-state index contributed by atoms with van der Waals surface area (Å²) in [7, 11) is 0. The van der Waals surface area contributed by atoms with Crippen LogP contribution in [0.25, 0.3) is 0 Å². The van der Waals surface area contributed by atoms with Crippen LogP contribution in [-0.4, -0.2) is 40.3 Å². The molecule has 2 unspecified atom stereocenters. The van der Waals surface area contributed by atoms with Gasteiger partial charge in [-0.3, -0.25) is 0 Å². The number of nitrogens with zero attached hydrogens (tertiary/aromatic N) is 1. The number of phenolic OH excluding ortho intramolecular Hbond substituents is 1. The predicted octanol–water partition coefficient (Wildman–Crippen LogP) is 5.48. The second-order valence-electron chi connectivity index (χ2n) is 8.29. The second kappa shape index (κ2) is 11.2. The highest BCUT2D eigenvalue weighted by molar-refractivity contribution is 5.43. The highest BCUT2D eigenvalue weighted by atomic mass is 16.3. The SMILES string of the molecule is Cc1ccc(O)c(C(CCN(CCCCC(C)O)C(C)C)c2ccccc2)c1. The lowest BCUT2D eigenvalue weighted by atomic mass is 9.87. The highest BCUT2D eigenvalue weighted by Gasteiger charge is 2.20. The second-order valence-corrected chi connectivity index (χ2v) is 8.29. The Bertz CT molecular complexity index is 697. The molecule has 28 heavy (non-hydrogen) atoms. The first kappa shape index (κ1) is 22.4. The molecule has 3 heteroatoms. The number of hydrogen-bond donors (Lipinski definition) is 2. The average molecular weight is 384 g/mol. The summed E-state index contributed by atoms with van der Waals surface area (Å²) in [6.07, 6.45) is 3.79. The molecule has 2 atom stereocenters. The fourth-order valence-corrected chi connectivity index (χ4v) is 3.82. The van der Waals surface area contributed by atoms with Crippen molar-refractivity contribution in [3.05, 3.63) is 65.2 Å². The lowest BCUT2D eigenvalue weighted by Gasteiger charge is -2.29. The summed E-state index contributed by atoms with van der Waals surface area (Å²) < 4.78 is 0. The largest absolute Gasteiger partial charge is 0.508 e. The van der Waals surface area contributed by atoms with Gasteiger partial charge in [0.05, 0.1) is 6.10 Å². The van der Waals surface area contributed by atoms with Gasteiger partial charge in [-0.2, -0.15) is 0 Å². The van der Waals surface area contributed by atoms with Crippen molar-refractivity contribution >= 4 is 0 Å². The van der Waals surface area contributed by atoms with Crippen LogP contribution in [0, 0.1) is 6.92 Å². The molecule has 2 rings (SSSR count). The van der Waals surface area contributed by atoms with Crippen LogP contribution >= 0.6 is 0 Å². The molecule has 0 amide bonds. The standard InChI is InChI=1S/C25H37NO2/c1-19(2)26(16-9-8-10-21(4)27)17-15-23(22-11-6-5-7-12-22)24-18-20(3)13-14-25(24)28/h5-7,11-14,18-19,21,23,27-28H,8-10,15-17H2,1-4H3. The number of aliphatic hydroxyl groups excluding tert-OH is 1. The average Bonchev–Trinajstić information content (AvgIpc) is 2.66. The van der Waals surface area contributed by atoms with Gasteiger partial charge in [-0.1, -0.05) is 48.0 Å². The maximum absolute atomic E-state index is 10.5. The van der Waals surface area contributed by atoms with Crippen molar-refractivity contribution in [1.29, 1.82) is 0 Å².